The molecule has 1 amide bonds. The number of benzene rings is 1. The van der Waals surface area contributed by atoms with E-state index in [0.29, 0.717) is 30.3 Å². The van der Waals surface area contributed by atoms with E-state index >= 15 is 0 Å². The van der Waals surface area contributed by atoms with Crippen molar-refractivity contribution in [1.82, 2.24) is 14.9 Å². The third-order valence-electron chi connectivity index (χ3n) is 5.40. The lowest BCUT2D eigenvalue weighted by atomic mass is 9.89. The molecule has 2 fully saturated rings. The van der Waals surface area contributed by atoms with Crippen LogP contribution in [-0.2, 0) is 4.79 Å². The first-order valence-corrected chi connectivity index (χ1v) is 9.20. The third-order valence-corrected chi connectivity index (χ3v) is 5.40. The molecule has 4 rings (SSSR count). The van der Waals surface area contributed by atoms with Gasteiger partial charge in [0.25, 0.3) is 0 Å². The van der Waals surface area contributed by atoms with Gasteiger partial charge in [-0.25, -0.2) is 4.98 Å². The first kappa shape index (κ1) is 16.8. The van der Waals surface area contributed by atoms with E-state index in [4.69, 9.17) is 4.74 Å². The van der Waals surface area contributed by atoms with Gasteiger partial charge in [0.15, 0.2) is 0 Å². The Labute approximate surface area is 153 Å². The average molecular weight is 352 g/mol. The molecule has 2 aliphatic rings. The molecule has 2 aliphatic heterocycles. The van der Waals surface area contributed by atoms with Crippen molar-refractivity contribution in [2.24, 2.45) is 11.8 Å². The summed E-state index contributed by atoms with van der Waals surface area (Å²) in [4.78, 5) is 25.4. The molecular weight excluding hydrogens is 328 g/mol. The minimum Gasteiger partial charge on any atom is -0.478 e. The lowest BCUT2D eigenvalue weighted by molar-refractivity contribution is -0.130. The molecule has 0 saturated carbocycles. The Bertz CT molecular complexity index is 782. The molecule has 0 spiro atoms. The van der Waals surface area contributed by atoms with Crippen LogP contribution < -0.4 is 9.64 Å². The average Bonchev–Trinajstić information content (AvgIpc) is 3.21. The number of carbonyl (C=O) groups excluding carboxylic acids is 1. The number of hydrogen-bond donors (Lipinski definition) is 0. The number of amides is 1. The Balaban J connectivity index is 1.59. The van der Waals surface area contributed by atoms with Crippen molar-refractivity contribution in [3.63, 3.8) is 0 Å². The van der Waals surface area contributed by atoms with Gasteiger partial charge < -0.3 is 14.5 Å². The monoisotopic (exact) mass is 352 g/mol. The van der Waals surface area contributed by atoms with Crippen LogP contribution in [-0.4, -0.2) is 47.0 Å². The van der Waals surface area contributed by atoms with Crippen LogP contribution in [0.15, 0.2) is 42.6 Å². The zero-order valence-electron chi connectivity index (χ0n) is 15.2. The van der Waals surface area contributed by atoms with Crippen LogP contribution in [0.3, 0.4) is 0 Å². The van der Waals surface area contributed by atoms with Gasteiger partial charge in [0, 0.05) is 50.7 Å². The minimum atomic E-state index is 0.124. The quantitative estimate of drug-likeness (QED) is 0.846. The summed E-state index contributed by atoms with van der Waals surface area (Å²) >= 11 is 0. The van der Waals surface area contributed by atoms with Crippen molar-refractivity contribution in [3.8, 4) is 5.88 Å². The van der Waals surface area contributed by atoms with Gasteiger partial charge in [-0.1, -0.05) is 30.3 Å². The topological polar surface area (TPSA) is 58.6 Å². The molecular formula is C20H24N4O2. The second-order valence-electron chi connectivity index (χ2n) is 6.98. The van der Waals surface area contributed by atoms with E-state index in [1.54, 1.807) is 19.2 Å². The Morgan fingerprint density at radius 3 is 2.73 bits per heavy atom. The molecule has 6 nitrogen and oxygen atoms in total. The van der Waals surface area contributed by atoms with E-state index in [1.165, 1.54) is 5.56 Å². The molecule has 3 atom stereocenters. The molecule has 2 aromatic rings. The fourth-order valence-corrected chi connectivity index (χ4v) is 4.32. The molecule has 136 valence electrons. The van der Waals surface area contributed by atoms with Gasteiger partial charge in [0.2, 0.25) is 17.7 Å². The normalized spacial score (nSPS) is 24.6. The maximum absolute atomic E-state index is 12.2. The Morgan fingerprint density at radius 1 is 1.19 bits per heavy atom. The molecule has 26 heavy (non-hydrogen) atoms. The van der Waals surface area contributed by atoms with Gasteiger partial charge >= 0.3 is 0 Å². The predicted octanol–water partition coefficient (Wildman–Crippen LogP) is 2.53. The third kappa shape index (κ3) is 3.00. The number of carbonyl (C=O) groups is 1. The van der Waals surface area contributed by atoms with E-state index in [1.807, 2.05) is 30.0 Å². The smallest absolute Gasteiger partial charge is 0.228 e. The summed E-state index contributed by atoms with van der Waals surface area (Å²) < 4.78 is 5.51. The Morgan fingerprint density at radius 2 is 2.00 bits per heavy atom. The molecule has 1 aromatic heterocycles. The standard InChI is InChI=1S/C20H24N4O2/c1-3-26-18-9-10-21-20(22-18)23-11-16-12-24(14(2)25)19(17(16)13-23)15-7-5-4-6-8-15/h4-10,16-17,19H,3,11-13H2,1-2H3/t16-,17-,19-/m1/s1. The first-order valence-electron chi connectivity index (χ1n) is 9.20. The second-order valence-corrected chi connectivity index (χ2v) is 6.98. The van der Waals surface area contributed by atoms with Gasteiger partial charge in [-0.3, -0.25) is 4.79 Å². The van der Waals surface area contributed by atoms with Crippen molar-refractivity contribution in [2.45, 2.75) is 19.9 Å². The van der Waals surface area contributed by atoms with Crippen LogP contribution in [0, 0.1) is 11.8 Å². The van der Waals surface area contributed by atoms with E-state index in [0.717, 1.165) is 19.6 Å². The number of ether oxygens (including phenoxy) is 1. The number of nitrogens with zero attached hydrogens (tertiary/aromatic N) is 4. The van der Waals surface area contributed by atoms with Gasteiger partial charge in [-0.15, -0.1) is 0 Å². The summed E-state index contributed by atoms with van der Waals surface area (Å²) in [6, 6.07) is 12.3. The first-order chi connectivity index (χ1) is 12.7. The van der Waals surface area contributed by atoms with Gasteiger partial charge in [-0.05, 0) is 12.5 Å². The van der Waals surface area contributed by atoms with E-state index in [9.17, 15) is 4.79 Å². The predicted molar refractivity (Wildman–Crippen MR) is 99.0 cm³/mol. The van der Waals surface area contributed by atoms with Crippen molar-refractivity contribution >= 4 is 11.9 Å². The molecule has 0 aliphatic carbocycles. The highest BCUT2D eigenvalue weighted by Crippen LogP contribution is 2.45. The lowest BCUT2D eigenvalue weighted by Gasteiger charge is -2.29. The number of anilines is 1. The van der Waals surface area contributed by atoms with E-state index < -0.39 is 0 Å². The summed E-state index contributed by atoms with van der Waals surface area (Å²) in [5.74, 6) is 2.30. The highest BCUT2D eigenvalue weighted by atomic mass is 16.5. The number of likely N-dealkylation sites (tertiary alicyclic amines) is 1. The van der Waals surface area contributed by atoms with Gasteiger partial charge in [-0.2, -0.15) is 4.98 Å². The second kappa shape index (κ2) is 6.94. The summed E-state index contributed by atoms with van der Waals surface area (Å²) in [5, 5.41) is 0. The molecule has 0 unspecified atom stereocenters. The molecule has 2 saturated heterocycles. The largest absolute Gasteiger partial charge is 0.478 e. The SMILES string of the molecule is CCOc1ccnc(N2C[C@@H]3CN(C(C)=O)[C@H](c4ccccc4)[C@@H]3C2)n1. The van der Waals surface area contributed by atoms with Crippen molar-refractivity contribution in [2.75, 3.05) is 31.1 Å². The summed E-state index contributed by atoms with van der Waals surface area (Å²) in [6.45, 7) is 6.72. The Kier molecular flexibility index (Phi) is 4.49. The van der Waals surface area contributed by atoms with Gasteiger partial charge in [0.1, 0.15) is 0 Å². The molecule has 3 heterocycles. The number of fused-ring (bicyclic) bond motifs is 1. The summed E-state index contributed by atoms with van der Waals surface area (Å²) in [5.41, 5.74) is 1.21. The van der Waals surface area contributed by atoms with E-state index in [-0.39, 0.29) is 11.9 Å². The lowest BCUT2D eigenvalue weighted by Crippen LogP contribution is -2.34. The number of aromatic nitrogens is 2. The number of hydrogen-bond acceptors (Lipinski definition) is 5. The minimum absolute atomic E-state index is 0.124. The zero-order chi connectivity index (χ0) is 18.1. The fourth-order valence-electron chi connectivity index (χ4n) is 4.32. The van der Waals surface area contributed by atoms with Crippen LogP contribution in [0.4, 0.5) is 5.95 Å². The van der Waals surface area contributed by atoms with Crippen molar-refractivity contribution in [1.29, 1.82) is 0 Å². The highest BCUT2D eigenvalue weighted by Gasteiger charge is 2.48. The summed E-state index contributed by atoms with van der Waals surface area (Å²) in [6.07, 6.45) is 1.75. The molecule has 6 heteroatoms. The number of rotatable bonds is 4. The molecule has 0 radical (unpaired) electrons. The zero-order valence-corrected chi connectivity index (χ0v) is 15.2. The molecule has 1 aromatic carbocycles. The maximum atomic E-state index is 12.2. The fraction of sp³-hybridized carbons (Fsp3) is 0.450. The van der Waals surface area contributed by atoms with E-state index in [2.05, 4.69) is 27.0 Å². The summed E-state index contributed by atoms with van der Waals surface area (Å²) in [7, 11) is 0. The molecule has 0 bridgehead atoms. The van der Waals surface area contributed by atoms with Crippen LogP contribution >= 0.6 is 0 Å². The van der Waals surface area contributed by atoms with Crippen LogP contribution in [0.1, 0.15) is 25.5 Å². The van der Waals surface area contributed by atoms with Crippen LogP contribution in [0.25, 0.3) is 0 Å². The van der Waals surface area contributed by atoms with Gasteiger partial charge in [0.05, 0.1) is 12.6 Å². The van der Waals surface area contributed by atoms with Crippen LogP contribution in [0.5, 0.6) is 5.88 Å². The molecule has 0 N–H and O–H groups in total. The highest BCUT2D eigenvalue weighted by molar-refractivity contribution is 5.74. The van der Waals surface area contributed by atoms with Crippen molar-refractivity contribution in [3.05, 3.63) is 48.2 Å². The van der Waals surface area contributed by atoms with Crippen LogP contribution in [0.2, 0.25) is 0 Å². The van der Waals surface area contributed by atoms with Crippen molar-refractivity contribution < 1.29 is 9.53 Å². The maximum Gasteiger partial charge on any atom is 0.228 e. The Hall–Kier alpha value is -2.63.